The molecule has 2 aliphatic heterocycles. The first kappa shape index (κ1) is 41.8. The Balaban J connectivity index is 1.26. The van der Waals surface area contributed by atoms with Crippen LogP contribution < -0.4 is 5.46 Å². The molecular weight excluding hydrogens is 723 g/mol. The largest absolute Gasteiger partial charge is 0.494 e. The topological polar surface area (TPSA) is 64.6 Å². The maximum Gasteiger partial charge on any atom is 0.494 e. The summed E-state index contributed by atoms with van der Waals surface area (Å²) in [6.07, 6.45) is -0.661. The second kappa shape index (κ2) is 19.1. The molecule has 5 aromatic carbocycles. The average molecular weight is 781 g/mol. The van der Waals surface area contributed by atoms with E-state index < -0.39 is 48.8 Å². The fraction of sp³-hybridized carbons (Fsp3) is 0.360. The molecule has 7 rings (SSSR count). The lowest BCUT2D eigenvalue weighted by Gasteiger charge is -2.48. The molecule has 2 saturated heterocycles. The van der Waals surface area contributed by atoms with Crippen molar-refractivity contribution in [2.75, 3.05) is 6.61 Å². The molecule has 0 bridgehead atoms. The van der Waals surface area contributed by atoms with Crippen molar-refractivity contribution < 1.29 is 33.0 Å². The molecule has 8 heteroatoms. The van der Waals surface area contributed by atoms with E-state index in [1.54, 1.807) is 0 Å². The van der Waals surface area contributed by atoms with Gasteiger partial charge in [-0.1, -0.05) is 146 Å². The third kappa shape index (κ3) is 10.1. The molecule has 0 amide bonds. The third-order valence-electron chi connectivity index (χ3n) is 11.7. The van der Waals surface area contributed by atoms with Crippen LogP contribution in [0.1, 0.15) is 67.0 Å². The monoisotopic (exact) mass is 780 g/mol. The van der Waals surface area contributed by atoms with Crippen LogP contribution >= 0.6 is 0 Å². The highest BCUT2D eigenvalue weighted by atomic mass is 16.7. The quantitative estimate of drug-likeness (QED) is 0.0689. The molecule has 0 aliphatic carbocycles. The summed E-state index contributed by atoms with van der Waals surface area (Å²) in [5, 5.41) is 0. The summed E-state index contributed by atoms with van der Waals surface area (Å²) in [4.78, 5) is 0. The van der Waals surface area contributed by atoms with Gasteiger partial charge in [-0.15, -0.1) is 6.58 Å². The molecule has 2 aliphatic rings. The second-order valence-corrected chi connectivity index (χ2v) is 16.4. The first-order chi connectivity index (χ1) is 28.1. The average Bonchev–Trinajstić information content (AvgIpc) is 3.46. The van der Waals surface area contributed by atoms with E-state index in [-0.39, 0.29) is 12.5 Å². The lowest BCUT2D eigenvalue weighted by atomic mass is 9.75. The van der Waals surface area contributed by atoms with Gasteiger partial charge in [0, 0.05) is 5.92 Å². The van der Waals surface area contributed by atoms with Crippen molar-refractivity contribution in [3.05, 3.63) is 186 Å². The van der Waals surface area contributed by atoms with E-state index in [0.717, 1.165) is 38.8 Å². The van der Waals surface area contributed by atoms with Crippen molar-refractivity contribution >= 4 is 12.6 Å². The first-order valence-corrected chi connectivity index (χ1v) is 20.4. The van der Waals surface area contributed by atoms with Crippen molar-refractivity contribution in [1.29, 1.82) is 0 Å². The number of hydrogen-bond acceptors (Lipinski definition) is 7. The van der Waals surface area contributed by atoms with Gasteiger partial charge >= 0.3 is 7.12 Å². The van der Waals surface area contributed by atoms with Crippen LogP contribution in [-0.2, 0) is 59.4 Å². The van der Waals surface area contributed by atoms with E-state index >= 15 is 0 Å². The van der Waals surface area contributed by atoms with Crippen LogP contribution in [0.4, 0.5) is 0 Å². The number of hydrogen-bond donors (Lipinski definition) is 0. The van der Waals surface area contributed by atoms with Gasteiger partial charge in [-0.3, -0.25) is 0 Å². The Morgan fingerprint density at radius 3 is 1.52 bits per heavy atom. The Bertz CT molecular complexity index is 2010. The second-order valence-electron chi connectivity index (χ2n) is 16.4. The van der Waals surface area contributed by atoms with Crippen molar-refractivity contribution in [2.45, 2.75) is 109 Å². The molecule has 0 aromatic heterocycles. The predicted molar refractivity (Wildman–Crippen MR) is 230 cm³/mol. The molecule has 2 fully saturated rings. The van der Waals surface area contributed by atoms with Crippen LogP contribution in [0.2, 0.25) is 0 Å². The highest BCUT2D eigenvalue weighted by Gasteiger charge is 2.53. The van der Waals surface area contributed by atoms with Gasteiger partial charge in [-0.25, -0.2) is 0 Å². The minimum Gasteiger partial charge on any atom is -0.399 e. The minimum absolute atomic E-state index is 0.275. The molecule has 6 atom stereocenters. The zero-order valence-corrected chi connectivity index (χ0v) is 34.5. The predicted octanol–water partition coefficient (Wildman–Crippen LogP) is 9.30. The smallest absolute Gasteiger partial charge is 0.399 e. The Hall–Kier alpha value is -4.38. The van der Waals surface area contributed by atoms with Gasteiger partial charge in [0.05, 0.1) is 50.3 Å². The number of ether oxygens (including phenoxy) is 5. The van der Waals surface area contributed by atoms with E-state index in [0.29, 0.717) is 26.4 Å². The van der Waals surface area contributed by atoms with Crippen molar-refractivity contribution in [2.24, 2.45) is 0 Å². The summed E-state index contributed by atoms with van der Waals surface area (Å²) in [6, 6.07) is 47.2. The van der Waals surface area contributed by atoms with Crippen LogP contribution in [0.3, 0.4) is 0 Å². The van der Waals surface area contributed by atoms with Crippen LogP contribution in [0, 0.1) is 6.92 Å². The molecular formula is C50H57BO7. The summed E-state index contributed by atoms with van der Waals surface area (Å²) >= 11 is 0. The summed E-state index contributed by atoms with van der Waals surface area (Å²) in [5.74, 6) is -0.275. The van der Waals surface area contributed by atoms with Gasteiger partial charge in [0.2, 0.25) is 0 Å². The number of benzene rings is 5. The van der Waals surface area contributed by atoms with Crippen molar-refractivity contribution in [1.82, 2.24) is 0 Å². The van der Waals surface area contributed by atoms with E-state index in [1.165, 1.54) is 0 Å². The summed E-state index contributed by atoms with van der Waals surface area (Å²) < 4.78 is 47.6. The zero-order valence-electron chi connectivity index (χ0n) is 34.5. The standard InChI is InChI=1S/C50H57BO7/c1-7-42(43-29-28-41(30-36(43)2)51-57-49(3,4)50(5,6)58-51)45-47(54-33-39-24-16-10-17-25-39)48(55-34-40-26-18-11-19-27-40)46(53-32-38-22-14-9-15-23-38)44(56-45)35-52-31-37-20-12-8-13-21-37/h7-30,42,44-48H,1,31-35H2,2-6H3/t42?,44-,45-,46-,47-,48+/m1/s1. The molecule has 0 N–H and O–H groups in total. The fourth-order valence-corrected chi connectivity index (χ4v) is 7.75. The first-order valence-electron chi connectivity index (χ1n) is 20.4. The normalized spacial score (nSPS) is 23.1. The van der Waals surface area contributed by atoms with Crippen molar-refractivity contribution in [3.63, 3.8) is 0 Å². The van der Waals surface area contributed by atoms with E-state index in [2.05, 4.69) is 108 Å². The zero-order chi connectivity index (χ0) is 40.5. The molecule has 2 heterocycles. The molecule has 0 spiro atoms. The van der Waals surface area contributed by atoms with Gasteiger partial charge in [-0.05, 0) is 73.5 Å². The van der Waals surface area contributed by atoms with Crippen LogP contribution in [0.5, 0.6) is 0 Å². The summed E-state index contributed by atoms with van der Waals surface area (Å²) in [5.41, 5.74) is 6.47. The van der Waals surface area contributed by atoms with Gasteiger partial charge in [0.25, 0.3) is 0 Å². The van der Waals surface area contributed by atoms with E-state index in [4.69, 9.17) is 33.0 Å². The van der Waals surface area contributed by atoms with Gasteiger partial charge in [0.15, 0.2) is 0 Å². The Morgan fingerprint density at radius 2 is 1.05 bits per heavy atom. The van der Waals surface area contributed by atoms with Crippen LogP contribution in [0.15, 0.2) is 152 Å². The van der Waals surface area contributed by atoms with Crippen molar-refractivity contribution in [3.8, 4) is 0 Å². The van der Waals surface area contributed by atoms with Gasteiger partial charge < -0.3 is 33.0 Å². The Kier molecular flexibility index (Phi) is 13.8. The molecule has 5 aromatic rings. The fourth-order valence-electron chi connectivity index (χ4n) is 7.75. The number of aryl methyl sites for hydroxylation is 1. The van der Waals surface area contributed by atoms with Crippen LogP contribution in [0.25, 0.3) is 0 Å². The highest BCUT2D eigenvalue weighted by Crippen LogP contribution is 2.40. The molecule has 7 nitrogen and oxygen atoms in total. The Morgan fingerprint density at radius 1 is 0.603 bits per heavy atom. The third-order valence-corrected chi connectivity index (χ3v) is 11.7. The SMILES string of the molecule is C=CC(c1ccc(B2OC(C)(C)C(C)(C)O2)cc1C)[C@H]1O[C@H](COCc2ccccc2)[C@@H](OCc2ccccc2)[C@H](OCc2ccccc2)[C@@H]1OCc1ccccc1. The maximum atomic E-state index is 7.28. The van der Waals surface area contributed by atoms with Crippen LogP contribution in [-0.4, -0.2) is 55.4 Å². The van der Waals surface area contributed by atoms with E-state index in [1.807, 2.05) is 78.9 Å². The highest BCUT2D eigenvalue weighted by molar-refractivity contribution is 6.62. The Labute approximate surface area is 345 Å². The molecule has 58 heavy (non-hydrogen) atoms. The summed E-state index contributed by atoms with van der Waals surface area (Å²) in [7, 11) is -0.475. The van der Waals surface area contributed by atoms with Gasteiger partial charge in [0.1, 0.15) is 24.4 Å². The molecule has 302 valence electrons. The van der Waals surface area contributed by atoms with Gasteiger partial charge in [-0.2, -0.15) is 0 Å². The minimum atomic E-state index is -0.555. The lowest BCUT2D eigenvalue weighted by molar-refractivity contribution is -0.274. The maximum absolute atomic E-state index is 7.28. The summed E-state index contributed by atoms with van der Waals surface area (Å²) in [6.45, 7) is 16.6. The molecule has 0 radical (unpaired) electrons. The molecule has 1 unspecified atom stereocenters. The number of rotatable bonds is 17. The lowest BCUT2D eigenvalue weighted by Crippen LogP contribution is -2.62. The molecule has 0 saturated carbocycles. The van der Waals surface area contributed by atoms with E-state index in [9.17, 15) is 0 Å².